The highest BCUT2D eigenvalue weighted by molar-refractivity contribution is 7.90. The minimum Gasteiger partial charge on any atom is -0.313 e. The molecule has 0 bridgehead atoms. The number of hydrogen-bond acceptors (Lipinski definition) is 3. The number of rotatable bonds is 6. The third-order valence-corrected chi connectivity index (χ3v) is 3.94. The zero-order valence-corrected chi connectivity index (χ0v) is 12.1. The van der Waals surface area contributed by atoms with Gasteiger partial charge in [0.25, 0.3) is 0 Å². The van der Waals surface area contributed by atoms with Crippen LogP contribution in [-0.2, 0) is 9.84 Å². The molecule has 6 heteroatoms. The molecule has 1 N–H and O–H groups in total. The summed E-state index contributed by atoms with van der Waals surface area (Å²) in [6.45, 7) is 4.15. The van der Waals surface area contributed by atoms with Crippen molar-refractivity contribution in [2.45, 2.75) is 25.8 Å². The summed E-state index contributed by atoms with van der Waals surface area (Å²) in [6.07, 6.45) is 1.18. The second kappa shape index (κ2) is 6.43. The Kier molecular flexibility index (Phi) is 5.43. The Morgan fingerprint density at radius 1 is 1.21 bits per heavy atom. The van der Waals surface area contributed by atoms with Crippen molar-refractivity contribution in [3.05, 3.63) is 35.4 Å². The Labute approximate surface area is 112 Å². The highest BCUT2D eigenvalue weighted by Crippen LogP contribution is 2.17. The molecule has 0 saturated heterocycles. The summed E-state index contributed by atoms with van der Waals surface area (Å²) in [5, 5.41) is 3.08. The van der Waals surface area contributed by atoms with E-state index in [-0.39, 0.29) is 17.7 Å². The molecule has 0 aromatic heterocycles. The first-order valence-corrected chi connectivity index (χ1v) is 8.11. The van der Waals surface area contributed by atoms with Crippen molar-refractivity contribution in [3.8, 4) is 0 Å². The van der Waals surface area contributed by atoms with Crippen LogP contribution in [0.4, 0.5) is 8.78 Å². The van der Waals surface area contributed by atoms with E-state index in [4.69, 9.17) is 0 Å². The van der Waals surface area contributed by atoms with Crippen molar-refractivity contribution in [1.82, 2.24) is 5.32 Å². The first-order valence-electron chi connectivity index (χ1n) is 6.05. The molecule has 0 amide bonds. The SMILES string of the molecule is C[C@H](CN[C@@H](C)CS(C)(=O)=O)c1ccc(F)c(F)c1. The highest BCUT2D eigenvalue weighted by atomic mass is 32.2. The molecular weight excluding hydrogens is 272 g/mol. The number of nitrogens with one attached hydrogen (secondary N) is 1. The Balaban J connectivity index is 2.55. The van der Waals surface area contributed by atoms with Gasteiger partial charge < -0.3 is 5.32 Å². The molecule has 0 fully saturated rings. The van der Waals surface area contributed by atoms with E-state index in [1.54, 1.807) is 6.92 Å². The average Bonchev–Trinajstić information content (AvgIpc) is 2.27. The molecule has 0 aliphatic rings. The van der Waals surface area contributed by atoms with Gasteiger partial charge in [0.1, 0.15) is 9.84 Å². The average molecular weight is 291 g/mol. The van der Waals surface area contributed by atoms with Crippen molar-refractivity contribution in [2.24, 2.45) is 0 Å². The van der Waals surface area contributed by atoms with Gasteiger partial charge in [0.15, 0.2) is 11.6 Å². The second-order valence-electron chi connectivity index (χ2n) is 4.98. The van der Waals surface area contributed by atoms with Crippen molar-refractivity contribution in [2.75, 3.05) is 18.6 Å². The molecule has 1 aromatic rings. The summed E-state index contributed by atoms with van der Waals surface area (Å²) in [5.41, 5.74) is 0.679. The lowest BCUT2D eigenvalue weighted by Gasteiger charge is -2.17. The van der Waals surface area contributed by atoms with E-state index in [0.717, 1.165) is 6.07 Å². The quantitative estimate of drug-likeness (QED) is 0.873. The largest absolute Gasteiger partial charge is 0.313 e. The molecule has 0 radical (unpaired) electrons. The minimum absolute atomic E-state index is 0.0305. The molecule has 0 unspecified atom stereocenters. The maximum Gasteiger partial charge on any atom is 0.159 e. The van der Waals surface area contributed by atoms with Crippen LogP contribution in [0.1, 0.15) is 25.3 Å². The first kappa shape index (κ1) is 16.0. The second-order valence-corrected chi connectivity index (χ2v) is 7.16. The van der Waals surface area contributed by atoms with Crippen LogP contribution in [0.3, 0.4) is 0 Å². The fraction of sp³-hybridized carbons (Fsp3) is 0.538. The van der Waals surface area contributed by atoms with Gasteiger partial charge in [-0.25, -0.2) is 17.2 Å². The van der Waals surface area contributed by atoms with Crippen molar-refractivity contribution in [3.63, 3.8) is 0 Å². The van der Waals surface area contributed by atoms with E-state index in [1.165, 1.54) is 18.4 Å². The standard InChI is InChI=1S/C13H19F2NO2S/c1-9(7-16-10(2)8-19(3,17)18)11-4-5-12(14)13(15)6-11/h4-6,9-10,16H,7-8H2,1-3H3/t9-,10+/m1/s1. The number of halogens is 2. The summed E-state index contributed by atoms with van der Waals surface area (Å²) < 4.78 is 48.1. The summed E-state index contributed by atoms with van der Waals surface area (Å²) in [6, 6.07) is 3.62. The van der Waals surface area contributed by atoms with Gasteiger partial charge >= 0.3 is 0 Å². The maximum atomic E-state index is 13.1. The van der Waals surface area contributed by atoms with Crippen LogP contribution in [0.25, 0.3) is 0 Å². The van der Waals surface area contributed by atoms with Crippen LogP contribution in [0, 0.1) is 11.6 Å². The highest BCUT2D eigenvalue weighted by Gasteiger charge is 2.13. The fourth-order valence-corrected chi connectivity index (χ4v) is 2.85. The zero-order chi connectivity index (χ0) is 14.6. The summed E-state index contributed by atoms with van der Waals surface area (Å²) >= 11 is 0. The van der Waals surface area contributed by atoms with Crippen LogP contribution < -0.4 is 5.32 Å². The number of sulfone groups is 1. The molecule has 0 aliphatic heterocycles. The topological polar surface area (TPSA) is 46.2 Å². The van der Waals surface area contributed by atoms with Gasteiger partial charge in [-0.05, 0) is 30.5 Å². The van der Waals surface area contributed by atoms with E-state index in [2.05, 4.69) is 5.32 Å². The van der Waals surface area contributed by atoms with Crippen LogP contribution in [0.5, 0.6) is 0 Å². The summed E-state index contributed by atoms with van der Waals surface area (Å²) in [4.78, 5) is 0. The molecule has 0 aliphatic carbocycles. The summed E-state index contributed by atoms with van der Waals surface area (Å²) in [5.74, 6) is -1.71. The van der Waals surface area contributed by atoms with Gasteiger partial charge in [0.2, 0.25) is 0 Å². The van der Waals surface area contributed by atoms with E-state index in [0.29, 0.717) is 12.1 Å². The molecular formula is C13H19F2NO2S. The first-order chi connectivity index (χ1) is 8.69. The van der Waals surface area contributed by atoms with Crippen LogP contribution in [0.2, 0.25) is 0 Å². The maximum absolute atomic E-state index is 13.1. The Morgan fingerprint density at radius 2 is 1.84 bits per heavy atom. The van der Waals surface area contributed by atoms with Gasteiger partial charge in [-0.3, -0.25) is 0 Å². The smallest absolute Gasteiger partial charge is 0.159 e. The van der Waals surface area contributed by atoms with Gasteiger partial charge in [-0.1, -0.05) is 13.0 Å². The number of benzene rings is 1. The van der Waals surface area contributed by atoms with Crippen molar-refractivity contribution < 1.29 is 17.2 Å². The predicted molar refractivity (Wildman–Crippen MR) is 71.9 cm³/mol. The monoisotopic (exact) mass is 291 g/mol. The van der Waals surface area contributed by atoms with E-state index >= 15 is 0 Å². The van der Waals surface area contributed by atoms with E-state index < -0.39 is 21.5 Å². The van der Waals surface area contributed by atoms with Gasteiger partial charge in [-0.15, -0.1) is 0 Å². The lowest BCUT2D eigenvalue weighted by molar-refractivity contribution is 0.501. The lowest BCUT2D eigenvalue weighted by atomic mass is 10.0. The Morgan fingerprint density at radius 3 is 2.37 bits per heavy atom. The zero-order valence-electron chi connectivity index (χ0n) is 11.3. The summed E-state index contributed by atoms with van der Waals surface area (Å²) in [7, 11) is -3.02. The molecule has 1 aromatic carbocycles. The molecule has 2 atom stereocenters. The minimum atomic E-state index is -3.02. The molecule has 0 spiro atoms. The van der Waals surface area contributed by atoms with E-state index in [9.17, 15) is 17.2 Å². The Bertz CT molecular complexity index is 531. The normalized spacial score (nSPS) is 15.2. The van der Waals surface area contributed by atoms with Gasteiger partial charge in [0.05, 0.1) is 5.75 Å². The Hall–Kier alpha value is -1.01. The van der Waals surface area contributed by atoms with Crippen LogP contribution in [-0.4, -0.2) is 33.0 Å². The van der Waals surface area contributed by atoms with Crippen molar-refractivity contribution >= 4 is 9.84 Å². The van der Waals surface area contributed by atoms with Gasteiger partial charge in [-0.2, -0.15) is 0 Å². The third-order valence-electron chi connectivity index (χ3n) is 2.84. The van der Waals surface area contributed by atoms with Crippen LogP contribution >= 0.6 is 0 Å². The van der Waals surface area contributed by atoms with Crippen molar-refractivity contribution in [1.29, 1.82) is 0 Å². The van der Waals surface area contributed by atoms with Gasteiger partial charge in [0, 0.05) is 18.8 Å². The molecule has 19 heavy (non-hydrogen) atoms. The molecule has 0 saturated carbocycles. The molecule has 1 rings (SSSR count). The molecule has 0 heterocycles. The lowest BCUT2D eigenvalue weighted by Crippen LogP contribution is -2.35. The van der Waals surface area contributed by atoms with E-state index in [1.807, 2.05) is 6.92 Å². The van der Waals surface area contributed by atoms with Crippen LogP contribution in [0.15, 0.2) is 18.2 Å². The molecule has 3 nitrogen and oxygen atoms in total. The number of hydrogen-bond donors (Lipinski definition) is 1. The predicted octanol–water partition coefficient (Wildman–Crippen LogP) is 2.09. The third kappa shape index (κ3) is 5.65. The molecule has 108 valence electrons. The fourth-order valence-electron chi connectivity index (χ4n) is 1.83.